The fourth-order valence-electron chi connectivity index (χ4n) is 1.91. The van der Waals surface area contributed by atoms with Crippen LogP contribution in [-0.4, -0.2) is 52.9 Å². The molecule has 0 N–H and O–H groups in total. The van der Waals surface area contributed by atoms with Crippen molar-refractivity contribution in [3.63, 3.8) is 0 Å². The maximum absolute atomic E-state index is 11.3. The minimum atomic E-state index is -0.530. The summed E-state index contributed by atoms with van der Waals surface area (Å²) in [6, 6.07) is 9.73. The zero-order valence-electron chi connectivity index (χ0n) is 12.8. The van der Waals surface area contributed by atoms with Crippen LogP contribution in [0.2, 0.25) is 0 Å². The van der Waals surface area contributed by atoms with E-state index >= 15 is 0 Å². The smallest absolute Gasteiger partial charge is 0.377 e. The summed E-state index contributed by atoms with van der Waals surface area (Å²) in [4.78, 5) is 17.2. The molecule has 0 saturated heterocycles. The molecule has 7 nitrogen and oxygen atoms in total. The third kappa shape index (κ3) is 4.85. The summed E-state index contributed by atoms with van der Waals surface area (Å²) in [6.45, 7) is 2.05. The number of para-hydroxylation sites is 1. The van der Waals surface area contributed by atoms with Gasteiger partial charge >= 0.3 is 5.97 Å². The fourth-order valence-corrected chi connectivity index (χ4v) is 1.91. The van der Waals surface area contributed by atoms with Crippen molar-refractivity contribution in [2.45, 2.75) is 13.1 Å². The van der Waals surface area contributed by atoms with Crippen molar-refractivity contribution in [2.24, 2.45) is 0 Å². The van der Waals surface area contributed by atoms with Crippen molar-refractivity contribution in [1.82, 2.24) is 19.7 Å². The highest BCUT2D eigenvalue weighted by Crippen LogP contribution is 2.08. The van der Waals surface area contributed by atoms with Gasteiger partial charge < -0.3 is 9.47 Å². The highest BCUT2D eigenvalue weighted by atomic mass is 16.5. The normalized spacial score (nSPS) is 10.7. The quantitative estimate of drug-likeness (QED) is 0.543. The lowest BCUT2D eigenvalue weighted by molar-refractivity contribution is 0.0585. The average molecular weight is 304 g/mol. The van der Waals surface area contributed by atoms with E-state index in [1.54, 1.807) is 4.68 Å². The van der Waals surface area contributed by atoms with E-state index in [0.717, 1.165) is 18.7 Å². The van der Waals surface area contributed by atoms with Gasteiger partial charge in [-0.25, -0.2) is 14.5 Å². The molecule has 1 aromatic heterocycles. The molecular formula is C15H20N4O3. The zero-order valence-corrected chi connectivity index (χ0v) is 12.8. The van der Waals surface area contributed by atoms with E-state index in [9.17, 15) is 4.79 Å². The molecule has 1 aromatic carbocycles. The van der Waals surface area contributed by atoms with Crippen LogP contribution in [0.15, 0.2) is 36.7 Å². The predicted octanol–water partition coefficient (Wildman–Crippen LogP) is 1.42. The molecule has 2 aromatic rings. The lowest BCUT2D eigenvalue weighted by atomic mass is 10.3. The van der Waals surface area contributed by atoms with Gasteiger partial charge in [-0.1, -0.05) is 18.2 Å². The van der Waals surface area contributed by atoms with E-state index in [1.165, 1.54) is 13.4 Å². The summed E-state index contributed by atoms with van der Waals surface area (Å²) in [5, 5.41) is 4.05. The molecule has 0 aliphatic carbocycles. The third-order valence-electron chi connectivity index (χ3n) is 2.99. The number of nitrogens with zero attached hydrogens (tertiary/aromatic N) is 4. The lowest BCUT2D eigenvalue weighted by Crippen LogP contribution is -2.24. The molecule has 22 heavy (non-hydrogen) atoms. The molecule has 0 saturated carbocycles. The Bertz CT molecular complexity index is 585. The van der Waals surface area contributed by atoms with E-state index in [0.29, 0.717) is 13.3 Å². The molecule has 0 spiro atoms. The first kappa shape index (κ1) is 16.0. The van der Waals surface area contributed by atoms with Crippen molar-refractivity contribution in [3.05, 3.63) is 42.5 Å². The Hall–Kier alpha value is -2.41. The van der Waals surface area contributed by atoms with Gasteiger partial charge in [0.2, 0.25) is 0 Å². The molecule has 0 unspecified atom stereocenters. The number of aromatic nitrogens is 3. The first-order valence-corrected chi connectivity index (χ1v) is 7.03. The van der Waals surface area contributed by atoms with Crippen molar-refractivity contribution in [2.75, 3.05) is 27.3 Å². The van der Waals surface area contributed by atoms with Crippen molar-refractivity contribution in [3.8, 4) is 5.75 Å². The number of ether oxygens (including phenoxy) is 2. The maximum atomic E-state index is 11.3. The second-order valence-corrected chi connectivity index (χ2v) is 4.84. The van der Waals surface area contributed by atoms with Crippen molar-refractivity contribution < 1.29 is 14.3 Å². The van der Waals surface area contributed by atoms with E-state index in [4.69, 9.17) is 4.74 Å². The molecule has 2 rings (SSSR count). The van der Waals surface area contributed by atoms with Gasteiger partial charge in [0.1, 0.15) is 12.1 Å². The van der Waals surface area contributed by atoms with Gasteiger partial charge in [-0.3, -0.25) is 4.90 Å². The van der Waals surface area contributed by atoms with Gasteiger partial charge in [-0.2, -0.15) is 0 Å². The van der Waals surface area contributed by atoms with Crippen molar-refractivity contribution in [1.29, 1.82) is 0 Å². The summed E-state index contributed by atoms with van der Waals surface area (Å²) >= 11 is 0. The van der Waals surface area contributed by atoms with E-state index in [-0.39, 0.29) is 5.82 Å². The van der Waals surface area contributed by atoms with E-state index < -0.39 is 5.97 Å². The Morgan fingerprint density at radius 3 is 2.82 bits per heavy atom. The molecule has 1 heterocycles. The molecule has 0 radical (unpaired) electrons. The van der Waals surface area contributed by atoms with E-state index in [2.05, 4.69) is 19.7 Å². The Balaban J connectivity index is 1.68. The lowest BCUT2D eigenvalue weighted by Gasteiger charge is -2.16. The topological polar surface area (TPSA) is 69.5 Å². The second-order valence-electron chi connectivity index (χ2n) is 4.84. The molecule has 0 fully saturated rings. The summed E-state index contributed by atoms with van der Waals surface area (Å²) in [5.74, 6) is 0.421. The first-order chi connectivity index (χ1) is 10.7. The van der Waals surface area contributed by atoms with Crippen LogP contribution in [0.4, 0.5) is 0 Å². The van der Waals surface area contributed by atoms with E-state index in [1.807, 2.05) is 37.4 Å². The van der Waals surface area contributed by atoms with Crippen LogP contribution in [0.1, 0.15) is 17.0 Å². The van der Waals surface area contributed by atoms with Crippen LogP contribution in [0, 0.1) is 0 Å². The highest BCUT2D eigenvalue weighted by Gasteiger charge is 2.11. The van der Waals surface area contributed by atoms with Crippen LogP contribution in [0.25, 0.3) is 0 Å². The number of carbonyl (C=O) groups excluding carboxylic acids is 1. The summed E-state index contributed by atoms with van der Waals surface area (Å²) in [5.41, 5.74) is 0. The molecule has 0 atom stereocenters. The Morgan fingerprint density at radius 1 is 1.32 bits per heavy atom. The number of benzene rings is 1. The summed E-state index contributed by atoms with van der Waals surface area (Å²) < 4.78 is 11.8. The second kappa shape index (κ2) is 8.14. The number of methoxy groups -OCH3 is 1. The number of rotatable bonds is 8. The van der Waals surface area contributed by atoms with Crippen molar-refractivity contribution >= 4 is 5.97 Å². The van der Waals surface area contributed by atoms with Gasteiger partial charge in [0.25, 0.3) is 5.82 Å². The SMILES string of the molecule is COC(=O)c1ncn(CN(C)CCCOc2ccccc2)n1. The monoisotopic (exact) mass is 304 g/mol. The third-order valence-corrected chi connectivity index (χ3v) is 2.99. The highest BCUT2D eigenvalue weighted by molar-refractivity contribution is 5.84. The molecular weight excluding hydrogens is 284 g/mol. The Kier molecular flexibility index (Phi) is 5.91. The van der Waals surface area contributed by atoms with Crippen LogP contribution in [0.3, 0.4) is 0 Å². The minimum Gasteiger partial charge on any atom is -0.494 e. The predicted molar refractivity (Wildman–Crippen MR) is 80.5 cm³/mol. The minimum absolute atomic E-state index is 0.0725. The molecule has 0 aliphatic heterocycles. The first-order valence-electron chi connectivity index (χ1n) is 7.03. The van der Waals surface area contributed by atoms with Crippen LogP contribution in [0.5, 0.6) is 5.75 Å². The molecule has 7 heteroatoms. The molecule has 118 valence electrons. The van der Waals surface area contributed by atoms with Crippen LogP contribution >= 0.6 is 0 Å². The Morgan fingerprint density at radius 2 is 2.09 bits per heavy atom. The summed E-state index contributed by atoms with van der Waals surface area (Å²) in [7, 11) is 3.28. The number of esters is 1. The number of hydrogen-bond acceptors (Lipinski definition) is 6. The van der Waals surface area contributed by atoms with Gasteiger partial charge in [0.05, 0.1) is 20.4 Å². The molecule has 0 bridgehead atoms. The standard InChI is InChI=1S/C15H20N4O3/c1-18(9-6-10-22-13-7-4-3-5-8-13)12-19-11-16-14(17-19)15(20)21-2/h3-5,7-8,11H,6,9-10,12H2,1-2H3. The zero-order chi connectivity index (χ0) is 15.8. The average Bonchev–Trinajstić information content (AvgIpc) is 3.00. The molecule has 0 amide bonds. The van der Waals surface area contributed by atoms with Gasteiger partial charge in [0, 0.05) is 6.54 Å². The number of hydrogen-bond donors (Lipinski definition) is 0. The van der Waals surface area contributed by atoms with Gasteiger partial charge in [0.15, 0.2) is 0 Å². The maximum Gasteiger partial charge on any atom is 0.377 e. The van der Waals surface area contributed by atoms with Gasteiger partial charge in [-0.05, 0) is 25.6 Å². The fraction of sp³-hybridized carbons (Fsp3) is 0.400. The number of carbonyl (C=O) groups is 1. The summed E-state index contributed by atoms with van der Waals surface area (Å²) in [6.07, 6.45) is 2.41. The Labute approximate surface area is 129 Å². The molecule has 0 aliphatic rings. The van der Waals surface area contributed by atoms with Crippen LogP contribution in [-0.2, 0) is 11.4 Å². The largest absolute Gasteiger partial charge is 0.494 e. The van der Waals surface area contributed by atoms with Crippen LogP contribution < -0.4 is 4.74 Å². The van der Waals surface area contributed by atoms with Gasteiger partial charge in [-0.15, -0.1) is 5.10 Å².